The standard InChI is InChI=1S/C32H28BrClN4O3/c1-38(2)26-15-12-22(13-16-26)18-29(36-31(39)27-10-6-7-11-28(27)34)32(40)37-35-20-24-19-25(33)14-17-30(24)41-21-23-8-4-3-5-9-23/h3-20H,21H2,1-2H3,(H,36,39)(H,37,40)/b29-18+,35-20-. The van der Waals surface area contributed by atoms with E-state index in [1.54, 1.807) is 30.3 Å². The number of carbonyl (C=O) groups is 2. The molecule has 0 bridgehead atoms. The molecule has 208 valence electrons. The molecule has 0 saturated heterocycles. The van der Waals surface area contributed by atoms with Crippen LogP contribution in [0.2, 0.25) is 5.02 Å². The Bertz CT molecular complexity index is 1570. The van der Waals surface area contributed by atoms with Gasteiger partial charge in [0, 0.05) is 29.8 Å². The molecule has 7 nitrogen and oxygen atoms in total. The van der Waals surface area contributed by atoms with Crippen LogP contribution in [-0.2, 0) is 11.4 Å². The number of benzene rings is 4. The van der Waals surface area contributed by atoms with Gasteiger partial charge in [-0.05, 0) is 59.7 Å². The van der Waals surface area contributed by atoms with Gasteiger partial charge in [-0.3, -0.25) is 9.59 Å². The molecule has 0 heterocycles. The van der Waals surface area contributed by atoms with E-state index in [0.717, 1.165) is 15.7 Å². The lowest BCUT2D eigenvalue weighted by Crippen LogP contribution is -2.33. The predicted molar refractivity (Wildman–Crippen MR) is 168 cm³/mol. The zero-order valence-electron chi connectivity index (χ0n) is 22.5. The number of hydrogen-bond acceptors (Lipinski definition) is 5. The maximum absolute atomic E-state index is 13.2. The van der Waals surface area contributed by atoms with Crippen molar-refractivity contribution >= 4 is 57.3 Å². The van der Waals surface area contributed by atoms with E-state index in [0.29, 0.717) is 23.5 Å². The third-order valence-electron chi connectivity index (χ3n) is 5.91. The summed E-state index contributed by atoms with van der Waals surface area (Å²) < 4.78 is 6.82. The van der Waals surface area contributed by atoms with Crippen LogP contribution in [0.3, 0.4) is 0 Å². The van der Waals surface area contributed by atoms with Crippen molar-refractivity contribution in [2.45, 2.75) is 6.61 Å². The zero-order chi connectivity index (χ0) is 29.2. The van der Waals surface area contributed by atoms with Crippen LogP contribution in [0.15, 0.2) is 112 Å². The molecule has 0 spiro atoms. The lowest BCUT2D eigenvalue weighted by molar-refractivity contribution is -0.117. The topological polar surface area (TPSA) is 83.0 Å². The van der Waals surface area contributed by atoms with E-state index in [1.807, 2.05) is 91.8 Å². The first-order valence-electron chi connectivity index (χ1n) is 12.6. The van der Waals surface area contributed by atoms with Gasteiger partial charge in [0.25, 0.3) is 11.8 Å². The molecule has 2 N–H and O–H groups in total. The molecule has 2 amide bonds. The molecule has 4 rings (SSSR count). The van der Waals surface area contributed by atoms with Gasteiger partial charge >= 0.3 is 0 Å². The first-order valence-corrected chi connectivity index (χ1v) is 13.8. The lowest BCUT2D eigenvalue weighted by Gasteiger charge is -2.13. The number of rotatable bonds is 10. The summed E-state index contributed by atoms with van der Waals surface area (Å²) >= 11 is 9.68. The SMILES string of the molecule is CN(C)c1ccc(/C=C(/NC(=O)c2ccccc2Cl)C(=O)N/N=C\c2cc(Br)ccc2OCc2ccccc2)cc1. The summed E-state index contributed by atoms with van der Waals surface area (Å²) in [4.78, 5) is 28.2. The number of hydrazone groups is 1. The Morgan fingerprint density at radius 3 is 2.37 bits per heavy atom. The van der Waals surface area contributed by atoms with Crippen LogP contribution in [-0.4, -0.2) is 32.1 Å². The van der Waals surface area contributed by atoms with Gasteiger partial charge in [0.1, 0.15) is 18.1 Å². The number of hydrogen-bond donors (Lipinski definition) is 2. The highest BCUT2D eigenvalue weighted by Gasteiger charge is 2.16. The van der Waals surface area contributed by atoms with Gasteiger partial charge in [-0.25, -0.2) is 5.43 Å². The highest BCUT2D eigenvalue weighted by Crippen LogP contribution is 2.23. The van der Waals surface area contributed by atoms with Crippen LogP contribution in [0.4, 0.5) is 5.69 Å². The van der Waals surface area contributed by atoms with Gasteiger partial charge in [-0.1, -0.05) is 82.1 Å². The maximum atomic E-state index is 13.2. The molecule has 41 heavy (non-hydrogen) atoms. The number of nitrogens with one attached hydrogen (secondary N) is 2. The molecule has 0 unspecified atom stereocenters. The smallest absolute Gasteiger partial charge is 0.287 e. The molecule has 0 saturated carbocycles. The van der Waals surface area contributed by atoms with Gasteiger partial charge in [-0.2, -0.15) is 5.10 Å². The van der Waals surface area contributed by atoms with Gasteiger partial charge in [0.05, 0.1) is 16.8 Å². The number of amides is 2. The molecule has 9 heteroatoms. The monoisotopic (exact) mass is 630 g/mol. The van der Waals surface area contributed by atoms with Gasteiger partial charge in [0.15, 0.2) is 0 Å². The van der Waals surface area contributed by atoms with Crippen molar-refractivity contribution in [3.05, 3.63) is 135 Å². The molecule has 0 aliphatic carbocycles. The van der Waals surface area contributed by atoms with Gasteiger partial charge < -0.3 is 15.0 Å². The number of anilines is 1. The average molecular weight is 632 g/mol. The van der Waals surface area contributed by atoms with E-state index in [-0.39, 0.29) is 16.3 Å². The summed E-state index contributed by atoms with van der Waals surface area (Å²) in [6.45, 7) is 0.378. The van der Waals surface area contributed by atoms with E-state index < -0.39 is 11.8 Å². The van der Waals surface area contributed by atoms with E-state index in [4.69, 9.17) is 16.3 Å². The van der Waals surface area contributed by atoms with E-state index in [2.05, 4.69) is 31.8 Å². The zero-order valence-corrected chi connectivity index (χ0v) is 24.8. The van der Waals surface area contributed by atoms with Crippen LogP contribution in [0, 0.1) is 0 Å². The Hall–Kier alpha value is -4.40. The van der Waals surface area contributed by atoms with Crippen LogP contribution >= 0.6 is 27.5 Å². The van der Waals surface area contributed by atoms with E-state index >= 15 is 0 Å². The van der Waals surface area contributed by atoms with Crippen molar-refractivity contribution in [3.8, 4) is 5.75 Å². The first kappa shape index (κ1) is 29.6. The molecular formula is C32H28BrClN4O3. The van der Waals surface area contributed by atoms with Crippen LogP contribution in [0.25, 0.3) is 6.08 Å². The van der Waals surface area contributed by atoms with E-state index in [9.17, 15) is 9.59 Å². The molecule has 0 aliphatic rings. The second-order valence-electron chi connectivity index (χ2n) is 9.13. The number of carbonyl (C=O) groups excluding carboxylic acids is 2. The minimum Gasteiger partial charge on any atom is -0.488 e. The Morgan fingerprint density at radius 1 is 0.951 bits per heavy atom. The molecule has 0 aliphatic heterocycles. The normalized spacial score (nSPS) is 11.3. The lowest BCUT2D eigenvalue weighted by atomic mass is 10.1. The third-order valence-corrected chi connectivity index (χ3v) is 6.73. The largest absolute Gasteiger partial charge is 0.488 e. The van der Waals surface area contributed by atoms with Gasteiger partial charge in [0.2, 0.25) is 0 Å². The molecule has 4 aromatic rings. The molecule has 0 radical (unpaired) electrons. The van der Waals surface area contributed by atoms with Crippen molar-refractivity contribution in [2.24, 2.45) is 5.10 Å². The highest BCUT2D eigenvalue weighted by molar-refractivity contribution is 9.10. The predicted octanol–water partition coefficient (Wildman–Crippen LogP) is 6.67. The quantitative estimate of drug-likeness (QED) is 0.116. The molecule has 0 fully saturated rings. The van der Waals surface area contributed by atoms with Crippen molar-refractivity contribution in [1.82, 2.24) is 10.7 Å². The Morgan fingerprint density at radius 2 is 1.66 bits per heavy atom. The summed E-state index contributed by atoms with van der Waals surface area (Å²) in [5.74, 6) is -0.534. The van der Waals surface area contributed by atoms with Crippen molar-refractivity contribution in [3.63, 3.8) is 0 Å². The summed E-state index contributed by atoms with van der Waals surface area (Å²) in [5.41, 5.74) is 6.14. The molecule has 4 aromatic carbocycles. The van der Waals surface area contributed by atoms with Crippen molar-refractivity contribution in [1.29, 1.82) is 0 Å². The second kappa shape index (κ2) is 14.3. The van der Waals surface area contributed by atoms with Crippen molar-refractivity contribution in [2.75, 3.05) is 19.0 Å². The molecule has 0 aromatic heterocycles. The van der Waals surface area contributed by atoms with Crippen LogP contribution in [0.1, 0.15) is 27.0 Å². The fourth-order valence-corrected chi connectivity index (χ4v) is 4.34. The molecular weight excluding hydrogens is 604 g/mol. The second-order valence-corrected chi connectivity index (χ2v) is 10.5. The minimum absolute atomic E-state index is 0.000494. The third kappa shape index (κ3) is 8.54. The number of ether oxygens (including phenoxy) is 1. The van der Waals surface area contributed by atoms with Crippen LogP contribution < -0.4 is 20.4 Å². The Labute approximate surface area is 252 Å². The summed E-state index contributed by atoms with van der Waals surface area (Å²) in [6.07, 6.45) is 3.06. The van der Waals surface area contributed by atoms with E-state index in [1.165, 1.54) is 6.21 Å². The summed E-state index contributed by atoms with van der Waals surface area (Å²) in [6, 6.07) is 29.5. The maximum Gasteiger partial charge on any atom is 0.287 e. The fraction of sp³-hybridized carbons (Fsp3) is 0.0938. The highest BCUT2D eigenvalue weighted by atomic mass is 79.9. The van der Waals surface area contributed by atoms with Crippen LogP contribution in [0.5, 0.6) is 5.75 Å². The summed E-state index contributed by atoms with van der Waals surface area (Å²) in [5, 5.41) is 7.10. The number of halogens is 2. The summed E-state index contributed by atoms with van der Waals surface area (Å²) in [7, 11) is 3.88. The fourth-order valence-electron chi connectivity index (χ4n) is 3.74. The first-order chi connectivity index (χ1) is 19.8. The Kier molecular flexibility index (Phi) is 10.3. The average Bonchev–Trinajstić information content (AvgIpc) is 2.97. The van der Waals surface area contributed by atoms with Gasteiger partial charge in [-0.15, -0.1) is 0 Å². The Balaban J connectivity index is 1.54. The minimum atomic E-state index is -0.611. The number of nitrogens with zero attached hydrogens (tertiary/aromatic N) is 2. The van der Waals surface area contributed by atoms with Crippen molar-refractivity contribution < 1.29 is 14.3 Å². The molecule has 0 atom stereocenters.